The minimum absolute atomic E-state index is 0.139. The third-order valence-corrected chi connectivity index (χ3v) is 3.46. The standard InChI is InChI=1S/C18H16N4O2/c23-17(22-19-12-13-6-2-1-3-7-13)11-10-16-18(24)21-15-9-5-4-8-14(15)20-16/h1-9,12H,10-11H2,(H,21,24)(H,22,23). The van der Waals surface area contributed by atoms with Crippen LogP contribution in [0.15, 0.2) is 64.5 Å². The molecule has 24 heavy (non-hydrogen) atoms. The molecule has 0 unspecified atom stereocenters. The third kappa shape index (κ3) is 3.92. The molecule has 0 aliphatic carbocycles. The van der Waals surface area contributed by atoms with Gasteiger partial charge in [-0.25, -0.2) is 10.4 Å². The molecule has 0 aliphatic heterocycles. The van der Waals surface area contributed by atoms with Crippen molar-refractivity contribution in [3.05, 3.63) is 76.2 Å². The number of H-pyrrole nitrogens is 1. The van der Waals surface area contributed by atoms with Gasteiger partial charge < -0.3 is 4.98 Å². The fraction of sp³-hybridized carbons (Fsp3) is 0.111. The van der Waals surface area contributed by atoms with Crippen LogP contribution in [-0.2, 0) is 11.2 Å². The highest BCUT2D eigenvalue weighted by atomic mass is 16.2. The lowest BCUT2D eigenvalue weighted by Gasteiger charge is -2.02. The number of nitrogens with zero attached hydrogens (tertiary/aromatic N) is 2. The molecule has 0 bridgehead atoms. The number of amides is 1. The van der Waals surface area contributed by atoms with Crippen LogP contribution in [0.25, 0.3) is 11.0 Å². The zero-order chi connectivity index (χ0) is 16.8. The first-order chi connectivity index (χ1) is 11.7. The van der Waals surface area contributed by atoms with Crippen molar-refractivity contribution >= 4 is 23.2 Å². The first-order valence-corrected chi connectivity index (χ1v) is 7.57. The summed E-state index contributed by atoms with van der Waals surface area (Å²) in [5, 5.41) is 3.90. The number of benzene rings is 2. The van der Waals surface area contributed by atoms with Crippen LogP contribution in [0.4, 0.5) is 0 Å². The van der Waals surface area contributed by atoms with Gasteiger partial charge in [-0.3, -0.25) is 9.59 Å². The number of aryl methyl sites for hydroxylation is 1. The lowest BCUT2D eigenvalue weighted by atomic mass is 10.2. The van der Waals surface area contributed by atoms with Gasteiger partial charge in [0.05, 0.1) is 17.2 Å². The summed E-state index contributed by atoms with van der Waals surface area (Å²) in [5.41, 5.74) is 4.80. The number of hydrogen-bond acceptors (Lipinski definition) is 4. The largest absolute Gasteiger partial charge is 0.319 e. The zero-order valence-corrected chi connectivity index (χ0v) is 12.9. The molecule has 1 heterocycles. The van der Waals surface area contributed by atoms with Crippen molar-refractivity contribution in [1.29, 1.82) is 0 Å². The number of aromatic nitrogens is 2. The Hall–Kier alpha value is -3.28. The van der Waals surface area contributed by atoms with Crippen molar-refractivity contribution in [3.8, 4) is 0 Å². The number of carbonyl (C=O) groups is 1. The summed E-state index contributed by atoms with van der Waals surface area (Å²) in [6.07, 6.45) is 1.96. The van der Waals surface area contributed by atoms with E-state index in [2.05, 4.69) is 20.5 Å². The Morgan fingerprint density at radius 1 is 1.12 bits per heavy atom. The zero-order valence-electron chi connectivity index (χ0n) is 12.9. The number of carbonyl (C=O) groups excluding carboxylic acids is 1. The maximum absolute atomic E-state index is 12.0. The number of rotatable bonds is 5. The van der Waals surface area contributed by atoms with Crippen LogP contribution >= 0.6 is 0 Å². The fourth-order valence-electron chi connectivity index (χ4n) is 2.24. The van der Waals surface area contributed by atoms with E-state index in [4.69, 9.17) is 0 Å². The Kier molecular flexibility index (Phi) is 4.76. The molecule has 2 aromatic carbocycles. The Bertz CT molecular complexity index is 932. The highest BCUT2D eigenvalue weighted by Gasteiger charge is 2.07. The van der Waals surface area contributed by atoms with Crippen molar-refractivity contribution in [2.24, 2.45) is 5.10 Å². The van der Waals surface area contributed by atoms with E-state index in [1.165, 1.54) is 0 Å². The van der Waals surface area contributed by atoms with E-state index in [1.54, 1.807) is 12.3 Å². The van der Waals surface area contributed by atoms with Gasteiger partial charge in [-0.05, 0) is 17.7 Å². The molecule has 3 rings (SSSR count). The van der Waals surface area contributed by atoms with Crippen LogP contribution in [-0.4, -0.2) is 22.1 Å². The molecule has 0 atom stereocenters. The van der Waals surface area contributed by atoms with Gasteiger partial charge in [0.2, 0.25) is 5.91 Å². The van der Waals surface area contributed by atoms with Gasteiger partial charge >= 0.3 is 0 Å². The molecule has 0 fully saturated rings. The van der Waals surface area contributed by atoms with E-state index < -0.39 is 0 Å². The molecule has 0 saturated heterocycles. The minimum atomic E-state index is -0.269. The van der Waals surface area contributed by atoms with Crippen LogP contribution in [0.3, 0.4) is 0 Å². The second kappa shape index (κ2) is 7.32. The first kappa shape index (κ1) is 15.6. The average molecular weight is 320 g/mol. The summed E-state index contributed by atoms with van der Waals surface area (Å²) >= 11 is 0. The first-order valence-electron chi connectivity index (χ1n) is 7.57. The van der Waals surface area contributed by atoms with Gasteiger partial charge in [-0.2, -0.15) is 5.10 Å². The van der Waals surface area contributed by atoms with E-state index in [1.807, 2.05) is 48.5 Å². The van der Waals surface area contributed by atoms with Crippen LogP contribution < -0.4 is 11.0 Å². The van der Waals surface area contributed by atoms with E-state index in [-0.39, 0.29) is 24.3 Å². The molecule has 1 amide bonds. The Morgan fingerprint density at radius 3 is 2.71 bits per heavy atom. The van der Waals surface area contributed by atoms with E-state index in [0.29, 0.717) is 16.7 Å². The third-order valence-electron chi connectivity index (χ3n) is 3.46. The maximum Gasteiger partial charge on any atom is 0.270 e. The highest BCUT2D eigenvalue weighted by Crippen LogP contribution is 2.06. The van der Waals surface area contributed by atoms with Crippen molar-refractivity contribution in [2.45, 2.75) is 12.8 Å². The topological polar surface area (TPSA) is 87.2 Å². The molecule has 2 N–H and O–H groups in total. The van der Waals surface area contributed by atoms with Crippen LogP contribution in [0.1, 0.15) is 17.7 Å². The van der Waals surface area contributed by atoms with Crippen molar-refractivity contribution < 1.29 is 4.79 Å². The van der Waals surface area contributed by atoms with Gasteiger partial charge in [0, 0.05) is 12.8 Å². The molecule has 120 valence electrons. The quantitative estimate of drug-likeness (QED) is 0.557. The number of aromatic amines is 1. The van der Waals surface area contributed by atoms with Crippen molar-refractivity contribution in [2.75, 3.05) is 0 Å². The van der Waals surface area contributed by atoms with Crippen molar-refractivity contribution in [1.82, 2.24) is 15.4 Å². The summed E-state index contributed by atoms with van der Waals surface area (Å²) in [6, 6.07) is 16.7. The summed E-state index contributed by atoms with van der Waals surface area (Å²) in [5.74, 6) is -0.267. The highest BCUT2D eigenvalue weighted by molar-refractivity contribution is 5.82. The molecule has 1 aromatic heterocycles. The SMILES string of the molecule is O=C(CCc1nc2ccccc2[nH]c1=O)NN=Cc1ccccc1. The summed E-state index contributed by atoms with van der Waals surface area (Å²) in [4.78, 5) is 30.9. The van der Waals surface area contributed by atoms with Gasteiger partial charge in [-0.15, -0.1) is 0 Å². The molecule has 0 aliphatic rings. The summed E-state index contributed by atoms with van der Waals surface area (Å²) < 4.78 is 0. The number of hydrazone groups is 1. The monoisotopic (exact) mass is 320 g/mol. The molecule has 3 aromatic rings. The molecule has 6 nitrogen and oxygen atoms in total. The lowest BCUT2D eigenvalue weighted by Crippen LogP contribution is -2.21. The molecular formula is C18H16N4O2. The predicted molar refractivity (Wildman–Crippen MR) is 92.9 cm³/mol. The maximum atomic E-state index is 12.0. The van der Waals surface area contributed by atoms with E-state index >= 15 is 0 Å². The van der Waals surface area contributed by atoms with Crippen LogP contribution in [0.2, 0.25) is 0 Å². The number of hydrogen-bond donors (Lipinski definition) is 2. The van der Waals surface area contributed by atoms with Gasteiger partial charge in [0.1, 0.15) is 5.69 Å². The molecule has 0 radical (unpaired) electrons. The number of fused-ring (bicyclic) bond motifs is 1. The Balaban J connectivity index is 1.59. The van der Waals surface area contributed by atoms with E-state index in [0.717, 1.165) is 5.56 Å². The van der Waals surface area contributed by atoms with Gasteiger partial charge in [-0.1, -0.05) is 42.5 Å². The smallest absolute Gasteiger partial charge is 0.270 e. The molecule has 6 heteroatoms. The normalized spacial score (nSPS) is 11.0. The van der Waals surface area contributed by atoms with Gasteiger partial charge in [0.25, 0.3) is 5.56 Å². The minimum Gasteiger partial charge on any atom is -0.319 e. The second-order valence-electron chi connectivity index (χ2n) is 5.23. The van der Waals surface area contributed by atoms with Gasteiger partial charge in [0.15, 0.2) is 0 Å². The molecular weight excluding hydrogens is 304 g/mol. The average Bonchev–Trinajstić information content (AvgIpc) is 2.61. The van der Waals surface area contributed by atoms with Crippen LogP contribution in [0, 0.1) is 0 Å². The molecule has 0 spiro atoms. The fourth-order valence-corrected chi connectivity index (χ4v) is 2.24. The second-order valence-corrected chi connectivity index (χ2v) is 5.23. The Labute approximate surface area is 138 Å². The van der Waals surface area contributed by atoms with Crippen molar-refractivity contribution in [3.63, 3.8) is 0 Å². The summed E-state index contributed by atoms with van der Waals surface area (Å²) in [6.45, 7) is 0. The molecule has 0 saturated carbocycles. The summed E-state index contributed by atoms with van der Waals surface area (Å²) in [7, 11) is 0. The number of nitrogens with one attached hydrogen (secondary N) is 2. The van der Waals surface area contributed by atoms with E-state index in [9.17, 15) is 9.59 Å². The predicted octanol–water partition coefficient (Wildman–Crippen LogP) is 2.01. The number of para-hydroxylation sites is 2. The van der Waals surface area contributed by atoms with Crippen LogP contribution in [0.5, 0.6) is 0 Å². The lowest BCUT2D eigenvalue weighted by molar-refractivity contribution is -0.121. The Morgan fingerprint density at radius 2 is 1.88 bits per heavy atom.